The zero-order chi connectivity index (χ0) is 24.6. The number of nitrogens with zero attached hydrogens (tertiary/aromatic N) is 2. The normalized spacial score (nSPS) is 15.5. The first-order chi connectivity index (χ1) is 17.2. The molecule has 6 heteroatoms. The fourth-order valence-electron chi connectivity index (χ4n) is 4.40. The summed E-state index contributed by atoms with van der Waals surface area (Å²) in [4.78, 5) is 17.4. The molecule has 5 rings (SSSR count). The average molecular weight is 477 g/mol. The number of likely N-dealkylation sites (tertiary alicyclic amines) is 1. The number of rotatable bonds is 6. The van der Waals surface area contributed by atoms with Crippen LogP contribution in [-0.2, 0) is 0 Å². The molecule has 0 unspecified atom stereocenters. The van der Waals surface area contributed by atoms with Gasteiger partial charge in [-0.05, 0) is 85.6 Å². The maximum Gasteiger partial charge on any atom is 0.262 e. The third-order valence-corrected chi connectivity index (χ3v) is 6.23. The third-order valence-electron chi connectivity index (χ3n) is 6.23. The molecule has 1 saturated heterocycles. The van der Waals surface area contributed by atoms with Crippen molar-refractivity contribution in [1.29, 1.82) is 0 Å². The van der Waals surface area contributed by atoms with E-state index in [1.807, 2.05) is 50.2 Å². The topological polar surface area (TPSA) is 42.0 Å². The highest BCUT2D eigenvalue weighted by molar-refractivity contribution is 6.08. The van der Waals surface area contributed by atoms with Crippen molar-refractivity contribution in [2.24, 2.45) is 0 Å². The predicted molar refractivity (Wildman–Crippen MR) is 138 cm³/mol. The number of anilines is 1. The summed E-state index contributed by atoms with van der Waals surface area (Å²) in [6, 6.07) is 19.5. The maximum absolute atomic E-state index is 13.3. The van der Waals surface area contributed by atoms with Gasteiger partial charge in [0.05, 0.1) is 12.1 Å². The Kier molecular flexibility index (Phi) is 8.37. The van der Waals surface area contributed by atoms with E-state index in [1.165, 1.54) is 25.0 Å². The van der Waals surface area contributed by atoms with Crippen LogP contribution in [0.2, 0.25) is 0 Å². The number of benzene rings is 3. The van der Waals surface area contributed by atoms with Gasteiger partial charge in [0.1, 0.15) is 30.5 Å². The van der Waals surface area contributed by atoms with Crippen molar-refractivity contribution in [3.05, 3.63) is 78.1 Å². The largest absolute Gasteiger partial charge is 0.492 e. The van der Waals surface area contributed by atoms with Crippen LogP contribution in [0, 0.1) is 5.82 Å². The van der Waals surface area contributed by atoms with E-state index >= 15 is 0 Å². The first kappa shape index (κ1) is 24.7. The highest BCUT2D eigenvalue weighted by Crippen LogP contribution is 2.32. The summed E-state index contributed by atoms with van der Waals surface area (Å²) in [5.41, 5.74) is 3.08. The second-order valence-electron chi connectivity index (χ2n) is 8.41. The Bertz CT molecular complexity index is 1110. The number of carbonyl (C=O) groups excluding carboxylic acids is 1. The molecular weight excluding hydrogens is 443 g/mol. The monoisotopic (exact) mass is 476 g/mol. The zero-order valence-corrected chi connectivity index (χ0v) is 20.5. The van der Waals surface area contributed by atoms with Crippen LogP contribution >= 0.6 is 0 Å². The summed E-state index contributed by atoms with van der Waals surface area (Å²) < 4.78 is 25.1. The van der Waals surface area contributed by atoms with Crippen LogP contribution in [0.1, 0.15) is 37.0 Å². The Labute approximate surface area is 207 Å². The highest BCUT2D eigenvalue weighted by atomic mass is 19.1. The lowest BCUT2D eigenvalue weighted by molar-refractivity contribution is 0.0990. The van der Waals surface area contributed by atoms with Crippen LogP contribution in [0.25, 0.3) is 11.1 Å². The second-order valence-corrected chi connectivity index (χ2v) is 8.41. The smallest absolute Gasteiger partial charge is 0.262 e. The fraction of sp³-hybridized carbons (Fsp3) is 0.345. The standard InChI is InChI=1S/C27H27FN2O3.C2H6/c28-22-6-3-20(4-7-22)21-5-12-25-26(19-21)33-18-16-30(27(25)31)23-8-10-24(11-9-23)32-17-15-29-13-1-2-14-29;1-2/h3-12,19H,1-2,13-18H2;1-2H3. The van der Waals surface area contributed by atoms with E-state index in [4.69, 9.17) is 9.47 Å². The first-order valence-corrected chi connectivity index (χ1v) is 12.5. The summed E-state index contributed by atoms with van der Waals surface area (Å²) >= 11 is 0. The maximum atomic E-state index is 13.3. The van der Waals surface area contributed by atoms with Crippen LogP contribution in [0.5, 0.6) is 11.5 Å². The molecule has 3 aromatic carbocycles. The van der Waals surface area contributed by atoms with E-state index in [9.17, 15) is 9.18 Å². The van der Waals surface area contributed by atoms with E-state index in [0.717, 1.165) is 42.2 Å². The molecule has 0 spiro atoms. The van der Waals surface area contributed by atoms with Crippen molar-refractivity contribution in [2.75, 3.05) is 44.3 Å². The van der Waals surface area contributed by atoms with Gasteiger partial charge in [-0.15, -0.1) is 0 Å². The molecule has 0 radical (unpaired) electrons. The number of fused-ring (bicyclic) bond motifs is 1. The minimum atomic E-state index is -0.279. The second kappa shape index (κ2) is 11.8. The number of halogens is 1. The molecule has 0 bridgehead atoms. The Balaban J connectivity index is 0.00000141. The van der Waals surface area contributed by atoms with Gasteiger partial charge in [0.2, 0.25) is 0 Å². The van der Waals surface area contributed by atoms with Crippen molar-refractivity contribution >= 4 is 11.6 Å². The van der Waals surface area contributed by atoms with Crippen LogP contribution in [-0.4, -0.2) is 50.2 Å². The van der Waals surface area contributed by atoms with E-state index in [-0.39, 0.29) is 11.7 Å². The van der Waals surface area contributed by atoms with E-state index in [1.54, 1.807) is 23.1 Å². The van der Waals surface area contributed by atoms with Gasteiger partial charge in [0.25, 0.3) is 5.91 Å². The number of amides is 1. The molecule has 3 aromatic rings. The molecule has 2 aliphatic rings. The highest BCUT2D eigenvalue weighted by Gasteiger charge is 2.25. The molecule has 1 fully saturated rings. The Morgan fingerprint density at radius 2 is 1.57 bits per heavy atom. The number of carbonyl (C=O) groups is 1. The molecule has 5 nitrogen and oxygen atoms in total. The van der Waals surface area contributed by atoms with E-state index < -0.39 is 0 Å². The van der Waals surface area contributed by atoms with Crippen LogP contribution in [0.3, 0.4) is 0 Å². The number of ether oxygens (including phenoxy) is 2. The summed E-state index contributed by atoms with van der Waals surface area (Å²) in [6.45, 7) is 8.77. The van der Waals surface area contributed by atoms with Gasteiger partial charge < -0.3 is 14.4 Å². The van der Waals surface area contributed by atoms with Crippen LogP contribution in [0.15, 0.2) is 66.7 Å². The minimum absolute atomic E-state index is 0.101. The van der Waals surface area contributed by atoms with E-state index in [2.05, 4.69) is 4.90 Å². The minimum Gasteiger partial charge on any atom is -0.492 e. The Hall–Kier alpha value is -3.38. The lowest BCUT2D eigenvalue weighted by Crippen LogP contribution is -2.32. The molecule has 35 heavy (non-hydrogen) atoms. The summed E-state index contributed by atoms with van der Waals surface area (Å²) in [6.07, 6.45) is 2.55. The first-order valence-electron chi connectivity index (χ1n) is 12.5. The number of hydrogen-bond donors (Lipinski definition) is 0. The van der Waals surface area contributed by atoms with Crippen molar-refractivity contribution < 1.29 is 18.7 Å². The lowest BCUT2D eigenvalue weighted by atomic mass is 10.0. The molecule has 0 aromatic heterocycles. The number of hydrogen-bond acceptors (Lipinski definition) is 4. The van der Waals surface area contributed by atoms with Crippen molar-refractivity contribution in [3.63, 3.8) is 0 Å². The molecule has 2 heterocycles. The molecular formula is C29H33FN2O3. The van der Waals surface area contributed by atoms with Gasteiger partial charge >= 0.3 is 0 Å². The van der Waals surface area contributed by atoms with Gasteiger partial charge in [0.15, 0.2) is 0 Å². The predicted octanol–water partition coefficient (Wildman–Crippen LogP) is 6.03. The van der Waals surface area contributed by atoms with Gasteiger partial charge in [-0.1, -0.05) is 32.0 Å². The van der Waals surface area contributed by atoms with Gasteiger partial charge in [0, 0.05) is 12.2 Å². The molecule has 2 aliphatic heterocycles. The Morgan fingerprint density at radius 1 is 0.886 bits per heavy atom. The molecule has 0 aliphatic carbocycles. The summed E-state index contributed by atoms with van der Waals surface area (Å²) in [7, 11) is 0. The quantitative estimate of drug-likeness (QED) is 0.435. The van der Waals surface area contributed by atoms with Crippen molar-refractivity contribution in [2.45, 2.75) is 26.7 Å². The van der Waals surface area contributed by atoms with Gasteiger partial charge in [-0.2, -0.15) is 0 Å². The molecule has 0 atom stereocenters. The molecule has 0 N–H and O–H groups in total. The third kappa shape index (κ3) is 6.01. The van der Waals surface area contributed by atoms with Gasteiger partial charge in [-0.3, -0.25) is 9.69 Å². The van der Waals surface area contributed by atoms with Gasteiger partial charge in [-0.25, -0.2) is 4.39 Å². The summed E-state index contributed by atoms with van der Waals surface area (Å²) in [5, 5.41) is 0. The average Bonchev–Trinajstić information content (AvgIpc) is 3.36. The molecule has 0 saturated carbocycles. The van der Waals surface area contributed by atoms with Crippen LogP contribution in [0.4, 0.5) is 10.1 Å². The lowest BCUT2D eigenvalue weighted by Gasteiger charge is -2.20. The van der Waals surface area contributed by atoms with Crippen molar-refractivity contribution in [3.8, 4) is 22.6 Å². The zero-order valence-electron chi connectivity index (χ0n) is 20.5. The van der Waals surface area contributed by atoms with Crippen LogP contribution < -0.4 is 14.4 Å². The van der Waals surface area contributed by atoms with Crippen molar-refractivity contribution in [1.82, 2.24) is 4.90 Å². The molecule has 184 valence electrons. The Morgan fingerprint density at radius 3 is 2.29 bits per heavy atom. The summed E-state index contributed by atoms with van der Waals surface area (Å²) in [5.74, 6) is 0.974. The fourth-order valence-corrected chi connectivity index (χ4v) is 4.40. The SMILES string of the molecule is CC.O=C1c2ccc(-c3ccc(F)cc3)cc2OCCN1c1ccc(OCCN2CCCC2)cc1. The van der Waals surface area contributed by atoms with E-state index in [0.29, 0.717) is 31.1 Å². The molecule has 1 amide bonds.